The van der Waals surface area contributed by atoms with E-state index in [4.69, 9.17) is 0 Å². The maximum atomic E-state index is 4.43. The maximum absolute atomic E-state index is 4.43. The average Bonchev–Trinajstić information content (AvgIpc) is 2.41. The molecular weight excluding hydrogens is 224 g/mol. The summed E-state index contributed by atoms with van der Waals surface area (Å²) in [5.41, 5.74) is 0. The Morgan fingerprint density at radius 2 is 1.89 bits per heavy atom. The van der Waals surface area contributed by atoms with Crippen LogP contribution in [0.3, 0.4) is 0 Å². The molecule has 1 saturated heterocycles. The standard InChI is InChI=1S/C14H24N4/c1-4-17(5-2)13-10-14(16-11-15-13)18-8-6-12(3)7-9-18/h10-12H,4-9H2,1-3H3. The number of anilines is 2. The highest BCUT2D eigenvalue weighted by Gasteiger charge is 2.17. The van der Waals surface area contributed by atoms with Crippen molar-refractivity contribution in [2.24, 2.45) is 5.92 Å². The summed E-state index contributed by atoms with van der Waals surface area (Å²) in [7, 11) is 0. The first-order valence-corrected chi connectivity index (χ1v) is 7.06. The van der Waals surface area contributed by atoms with Crippen LogP contribution in [0.5, 0.6) is 0 Å². The molecule has 2 rings (SSSR count). The summed E-state index contributed by atoms with van der Waals surface area (Å²) < 4.78 is 0. The van der Waals surface area contributed by atoms with Crippen molar-refractivity contribution in [3.05, 3.63) is 12.4 Å². The number of hydrogen-bond donors (Lipinski definition) is 0. The van der Waals surface area contributed by atoms with Crippen LogP contribution < -0.4 is 9.80 Å². The summed E-state index contributed by atoms with van der Waals surface area (Å²) in [6.45, 7) is 10.9. The van der Waals surface area contributed by atoms with Gasteiger partial charge in [-0.2, -0.15) is 0 Å². The van der Waals surface area contributed by atoms with Crippen LogP contribution in [-0.4, -0.2) is 36.1 Å². The molecule has 2 heterocycles. The molecule has 0 saturated carbocycles. The number of hydrogen-bond acceptors (Lipinski definition) is 4. The molecular formula is C14H24N4. The van der Waals surface area contributed by atoms with Gasteiger partial charge in [0.05, 0.1) is 0 Å². The van der Waals surface area contributed by atoms with Gasteiger partial charge in [-0.25, -0.2) is 9.97 Å². The van der Waals surface area contributed by atoms with E-state index >= 15 is 0 Å². The van der Waals surface area contributed by atoms with Gasteiger partial charge in [0.2, 0.25) is 0 Å². The minimum atomic E-state index is 0.852. The second kappa shape index (κ2) is 6.03. The zero-order chi connectivity index (χ0) is 13.0. The van der Waals surface area contributed by atoms with Crippen LogP contribution in [0.1, 0.15) is 33.6 Å². The predicted octanol–water partition coefficient (Wildman–Crippen LogP) is 2.56. The Hall–Kier alpha value is -1.32. The van der Waals surface area contributed by atoms with Gasteiger partial charge in [0.25, 0.3) is 0 Å². The highest BCUT2D eigenvalue weighted by Crippen LogP contribution is 2.23. The van der Waals surface area contributed by atoms with E-state index in [9.17, 15) is 0 Å². The molecule has 4 heteroatoms. The molecule has 18 heavy (non-hydrogen) atoms. The lowest BCUT2D eigenvalue weighted by molar-refractivity contribution is 0.436. The van der Waals surface area contributed by atoms with Crippen molar-refractivity contribution < 1.29 is 0 Å². The third-order valence-electron chi connectivity index (χ3n) is 3.83. The smallest absolute Gasteiger partial charge is 0.134 e. The summed E-state index contributed by atoms with van der Waals surface area (Å²) in [5, 5.41) is 0. The van der Waals surface area contributed by atoms with E-state index in [0.717, 1.165) is 43.7 Å². The Balaban J connectivity index is 2.11. The topological polar surface area (TPSA) is 32.3 Å². The maximum Gasteiger partial charge on any atom is 0.134 e. The van der Waals surface area contributed by atoms with Gasteiger partial charge in [-0.1, -0.05) is 6.92 Å². The monoisotopic (exact) mass is 248 g/mol. The molecule has 0 bridgehead atoms. The van der Waals surface area contributed by atoms with E-state index in [2.05, 4.69) is 46.6 Å². The molecule has 1 aromatic rings. The Kier molecular flexibility index (Phi) is 4.39. The van der Waals surface area contributed by atoms with Crippen molar-refractivity contribution in [1.82, 2.24) is 9.97 Å². The first-order chi connectivity index (χ1) is 8.74. The molecule has 1 fully saturated rings. The summed E-state index contributed by atoms with van der Waals surface area (Å²) in [5.74, 6) is 2.98. The van der Waals surface area contributed by atoms with Crippen LogP contribution in [0.25, 0.3) is 0 Å². The highest BCUT2D eigenvalue weighted by molar-refractivity contribution is 5.50. The largest absolute Gasteiger partial charge is 0.357 e. The van der Waals surface area contributed by atoms with Crippen LogP contribution in [0.2, 0.25) is 0 Å². The molecule has 1 aliphatic rings. The van der Waals surface area contributed by atoms with E-state index in [1.807, 2.05) is 0 Å². The normalized spacial score (nSPS) is 16.9. The lowest BCUT2D eigenvalue weighted by Gasteiger charge is -2.31. The zero-order valence-electron chi connectivity index (χ0n) is 11.8. The molecule has 0 spiro atoms. The van der Waals surface area contributed by atoms with Gasteiger partial charge in [-0.3, -0.25) is 0 Å². The van der Waals surface area contributed by atoms with Crippen LogP contribution >= 0.6 is 0 Å². The number of piperidine rings is 1. The lowest BCUT2D eigenvalue weighted by Crippen LogP contribution is -2.33. The molecule has 1 aromatic heterocycles. The molecule has 0 aliphatic carbocycles. The fourth-order valence-corrected chi connectivity index (χ4v) is 2.47. The third kappa shape index (κ3) is 2.92. The SMILES string of the molecule is CCN(CC)c1cc(N2CCC(C)CC2)ncn1. The van der Waals surface area contributed by atoms with Crippen molar-refractivity contribution >= 4 is 11.6 Å². The van der Waals surface area contributed by atoms with Crippen molar-refractivity contribution in [2.45, 2.75) is 33.6 Å². The lowest BCUT2D eigenvalue weighted by atomic mass is 9.99. The Bertz CT molecular complexity index is 368. The summed E-state index contributed by atoms with van der Waals surface area (Å²) in [6.07, 6.45) is 4.23. The van der Waals surface area contributed by atoms with Crippen molar-refractivity contribution in [1.29, 1.82) is 0 Å². The minimum Gasteiger partial charge on any atom is -0.357 e. The molecule has 0 aromatic carbocycles. The van der Waals surface area contributed by atoms with Gasteiger partial charge in [-0.05, 0) is 32.6 Å². The van der Waals surface area contributed by atoms with Gasteiger partial charge in [-0.15, -0.1) is 0 Å². The molecule has 4 nitrogen and oxygen atoms in total. The number of nitrogens with zero attached hydrogens (tertiary/aromatic N) is 4. The number of rotatable bonds is 4. The molecule has 0 radical (unpaired) electrons. The van der Waals surface area contributed by atoms with Gasteiger partial charge in [0, 0.05) is 32.2 Å². The second-order valence-corrected chi connectivity index (χ2v) is 5.08. The molecule has 1 aliphatic heterocycles. The van der Waals surface area contributed by atoms with Crippen LogP contribution in [0.15, 0.2) is 12.4 Å². The van der Waals surface area contributed by atoms with E-state index < -0.39 is 0 Å². The highest BCUT2D eigenvalue weighted by atomic mass is 15.2. The van der Waals surface area contributed by atoms with Crippen LogP contribution in [-0.2, 0) is 0 Å². The number of aromatic nitrogens is 2. The minimum absolute atomic E-state index is 0.852. The molecule has 100 valence electrons. The van der Waals surface area contributed by atoms with E-state index in [1.54, 1.807) is 6.33 Å². The quantitative estimate of drug-likeness (QED) is 0.819. The van der Waals surface area contributed by atoms with E-state index in [0.29, 0.717) is 0 Å². The predicted molar refractivity (Wildman–Crippen MR) is 76.2 cm³/mol. The first-order valence-electron chi connectivity index (χ1n) is 7.06. The zero-order valence-corrected chi connectivity index (χ0v) is 11.8. The van der Waals surface area contributed by atoms with Crippen molar-refractivity contribution in [3.63, 3.8) is 0 Å². The van der Waals surface area contributed by atoms with Crippen molar-refractivity contribution in [3.8, 4) is 0 Å². The fourth-order valence-electron chi connectivity index (χ4n) is 2.47. The molecule has 0 amide bonds. The summed E-state index contributed by atoms with van der Waals surface area (Å²) >= 11 is 0. The second-order valence-electron chi connectivity index (χ2n) is 5.08. The molecule has 0 N–H and O–H groups in total. The summed E-state index contributed by atoms with van der Waals surface area (Å²) in [6, 6.07) is 2.13. The fraction of sp³-hybridized carbons (Fsp3) is 0.714. The van der Waals surface area contributed by atoms with Gasteiger partial charge >= 0.3 is 0 Å². The summed E-state index contributed by atoms with van der Waals surface area (Å²) in [4.78, 5) is 13.5. The van der Waals surface area contributed by atoms with Crippen LogP contribution in [0.4, 0.5) is 11.6 Å². The molecule has 0 unspecified atom stereocenters. The molecule has 0 atom stereocenters. The Morgan fingerprint density at radius 3 is 2.50 bits per heavy atom. The van der Waals surface area contributed by atoms with E-state index in [-0.39, 0.29) is 0 Å². The van der Waals surface area contributed by atoms with Gasteiger partial charge in [0.1, 0.15) is 18.0 Å². The Labute approximate surface area is 110 Å². The van der Waals surface area contributed by atoms with Crippen LogP contribution in [0, 0.1) is 5.92 Å². The van der Waals surface area contributed by atoms with Gasteiger partial charge in [0.15, 0.2) is 0 Å². The van der Waals surface area contributed by atoms with E-state index in [1.165, 1.54) is 12.8 Å². The van der Waals surface area contributed by atoms with Crippen molar-refractivity contribution in [2.75, 3.05) is 36.0 Å². The van der Waals surface area contributed by atoms with Gasteiger partial charge < -0.3 is 9.80 Å². The Morgan fingerprint density at radius 1 is 1.22 bits per heavy atom. The first kappa shape index (κ1) is 13.1. The third-order valence-corrected chi connectivity index (χ3v) is 3.83. The average molecular weight is 248 g/mol.